The van der Waals surface area contributed by atoms with Crippen LogP contribution in [0.3, 0.4) is 0 Å². The number of alkyl halides is 1. The van der Waals surface area contributed by atoms with Crippen molar-refractivity contribution in [3.63, 3.8) is 0 Å². The van der Waals surface area contributed by atoms with Gasteiger partial charge in [0.25, 0.3) is 0 Å². The highest BCUT2D eigenvalue weighted by molar-refractivity contribution is 15.0. The van der Waals surface area contributed by atoms with Gasteiger partial charge in [0.05, 0.1) is 9.80 Å². The highest BCUT2D eigenvalue weighted by Gasteiger charge is 2.34. The number of thiophene rings is 1. The minimum Gasteiger partial charge on any atom is -1.00 e. The van der Waals surface area contributed by atoms with Crippen LogP contribution in [0.4, 0.5) is 0 Å². The van der Waals surface area contributed by atoms with E-state index in [9.17, 15) is 4.79 Å². The zero-order valence-electron chi connectivity index (χ0n) is 14.8. The lowest BCUT2D eigenvalue weighted by Crippen LogP contribution is -3.00. The Hall–Kier alpha value is 1.33. The zero-order chi connectivity index (χ0) is 19.0. The van der Waals surface area contributed by atoms with Crippen molar-refractivity contribution in [3.05, 3.63) is 51.1 Å². The molecular formula is C19H18I4N2OS2. The second-order valence-electron chi connectivity index (χ2n) is 6.62. The molecule has 0 saturated heterocycles. The quantitative estimate of drug-likeness (QED) is 0.163. The Morgan fingerprint density at radius 3 is 2.57 bits per heavy atom. The second-order valence-corrected chi connectivity index (χ2v) is 11.2. The van der Waals surface area contributed by atoms with E-state index >= 15 is 0 Å². The van der Waals surface area contributed by atoms with Crippen molar-refractivity contribution >= 4 is 93.1 Å². The minimum absolute atomic E-state index is 0. The molecule has 0 amide bonds. The number of hydrogen-bond acceptors (Lipinski definition) is 3. The number of benzene rings is 1. The third-order valence-electron chi connectivity index (χ3n) is 5.06. The van der Waals surface area contributed by atoms with Crippen molar-refractivity contribution in [3.8, 4) is 5.69 Å². The summed E-state index contributed by atoms with van der Waals surface area (Å²) in [7, 11) is 0. The zero-order valence-corrected chi connectivity index (χ0v) is 25.1. The van der Waals surface area contributed by atoms with Gasteiger partial charge in [-0.05, 0) is 55.1 Å². The van der Waals surface area contributed by atoms with Gasteiger partial charge in [0.15, 0.2) is 4.83 Å². The van der Waals surface area contributed by atoms with E-state index in [0.29, 0.717) is 3.26 Å². The van der Waals surface area contributed by atoms with Gasteiger partial charge in [-0.3, -0.25) is 0 Å². The predicted octanol–water partition coefficient (Wildman–Crippen LogP) is 3.25. The molecule has 1 aliphatic heterocycles. The molecule has 0 radical (unpaired) electrons. The molecule has 3 heterocycles. The smallest absolute Gasteiger partial charge is 0.352 e. The lowest BCUT2D eigenvalue weighted by atomic mass is 9.97. The predicted molar refractivity (Wildman–Crippen MR) is 141 cm³/mol. The maximum Gasteiger partial charge on any atom is 0.352 e. The van der Waals surface area contributed by atoms with Crippen LogP contribution in [0.25, 0.3) is 15.9 Å². The van der Waals surface area contributed by atoms with Crippen molar-refractivity contribution < 1.29 is 28.5 Å². The van der Waals surface area contributed by atoms with E-state index in [0.717, 1.165) is 42.0 Å². The van der Waals surface area contributed by atoms with Crippen LogP contribution in [-0.2, 0) is 19.4 Å². The third kappa shape index (κ3) is 4.44. The van der Waals surface area contributed by atoms with Gasteiger partial charge in [-0.25, -0.2) is 9.36 Å². The van der Waals surface area contributed by atoms with Gasteiger partial charge in [-0.1, -0.05) is 52.1 Å². The lowest BCUT2D eigenvalue weighted by Gasteiger charge is -2.19. The molecule has 9 heteroatoms. The fourth-order valence-electron chi connectivity index (χ4n) is 3.89. The molecule has 28 heavy (non-hydrogen) atoms. The molecule has 5 rings (SSSR count). The van der Waals surface area contributed by atoms with Gasteiger partial charge >= 0.3 is 10.7 Å². The summed E-state index contributed by atoms with van der Waals surface area (Å²) in [6.07, 6.45) is 5.80. The van der Waals surface area contributed by atoms with Crippen LogP contribution in [0.5, 0.6) is 0 Å². The van der Waals surface area contributed by atoms with Crippen LogP contribution in [0.15, 0.2) is 40.3 Å². The summed E-state index contributed by atoms with van der Waals surface area (Å²) in [5.74, 6) is 0. The summed E-state index contributed by atoms with van der Waals surface area (Å²) < 4.78 is 4.88. The molecule has 2 aliphatic rings. The second kappa shape index (κ2) is 10.8. The average Bonchev–Trinajstić information content (AvgIpc) is 3.10. The fourth-order valence-corrected chi connectivity index (χ4v) is 7.37. The Labute approximate surface area is 226 Å². The van der Waals surface area contributed by atoms with Gasteiger partial charge in [-0.15, -0.1) is 0 Å². The molecule has 150 valence electrons. The van der Waals surface area contributed by atoms with Crippen molar-refractivity contribution in [2.24, 2.45) is 0 Å². The Morgan fingerprint density at radius 1 is 1.11 bits per heavy atom. The van der Waals surface area contributed by atoms with E-state index < -0.39 is 0 Å². The molecule has 1 aromatic carbocycles. The van der Waals surface area contributed by atoms with Crippen molar-refractivity contribution in [2.45, 2.75) is 47.1 Å². The normalized spacial score (nSPS) is 17.8. The van der Waals surface area contributed by atoms with Gasteiger partial charge in [-0.2, -0.15) is 4.57 Å². The molecule has 0 saturated carbocycles. The summed E-state index contributed by atoms with van der Waals surface area (Å²) in [5, 5.41) is 2.08. The third-order valence-corrected chi connectivity index (χ3v) is 8.87. The van der Waals surface area contributed by atoms with E-state index in [1.54, 1.807) is 0 Å². The monoisotopic (exact) mass is 862 g/mol. The van der Waals surface area contributed by atoms with Crippen LogP contribution in [-0.4, -0.2) is 7.82 Å². The van der Waals surface area contributed by atoms with Crippen LogP contribution >= 0.6 is 82.9 Å². The average molecular weight is 862 g/mol. The Balaban J connectivity index is 0.000000728. The number of nitrogens with zero attached hydrogens (tertiary/aromatic N) is 2. The van der Waals surface area contributed by atoms with E-state index in [2.05, 4.69) is 64.4 Å². The van der Waals surface area contributed by atoms with Crippen LogP contribution in [0.2, 0.25) is 0 Å². The molecular weight excluding hydrogens is 844 g/mol. The Kier molecular flexibility index (Phi) is 9.22. The number of halogens is 4. The standard InChI is InChI=1S/C19H18IN2OS2.I2.HI/c20-15-10-11-21-18-16(13-8-4-5-9-14(13)24-18)17(23)22(19(21)25-15)12-6-2-1-3-7-12;1-2;/h1-3,6-7,15H,4-5,8-11H2;;1H/q+1;;/p-1. The van der Waals surface area contributed by atoms with Gasteiger partial charge in [0.1, 0.15) is 11.1 Å². The number of rotatable bonds is 1. The molecule has 0 N–H and O–H groups in total. The number of aryl methyl sites for hydroxylation is 3. The maximum absolute atomic E-state index is 13.6. The van der Waals surface area contributed by atoms with Gasteiger partial charge < -0.3 is 24.0 Å². The summed E-state index contributed by atoms with van der Waals surface area (Å²) in [4.78, 5) is 16.2. The van der Waals surface area contributed by atoms with Crippen molar-refractivity contribution in [1.82, 2.24) is 4.57 Å². The van der Waals surface area contributed by atoms with Crippen LogP contribution < -0.4 is 34.1 Å². The van der Waals surface area contributed by atoms with E-state index in [-0.39, 0.29) is 29.5 Å². The van der Waals surface area contributed by atoms with Gasteiger partial charge in [0, 0.05) is 48.5 Å². The number of hydrogen-bond donors (Lipinski definition) is 0. The maximum atomic E-state index is 13.6. The topological polar surface area (TPSA) is 25.9 Å². The first-order valence-corrected chi connectivity index (χ1v) is 18.1. The number of fused-ring (bicyclic) bond motifs is 5. The number of aromatic nitrogens is 2. The molecule has 1 unspecified atom stereocenters. The lowest BCUT2D eigenvalue weighted by molar-refractivity contribution is -0.713. The summed E-state index contributed by atoms with van der Waals surface area (Å²) in [6, 6.07) is 10.1. The minimum atomic E-state index is 0. The van der Waals surface area contributed by atoms with Crippen LogP contribution in [0, 0.1) is 0 Å². The first-order valence-electron chi connectivity index (χ1n) is 8.87. The molecule has 3 aromatic rings. The SMILES string of the molecule is II.O=c1c2c3c(sc2[n+]2c(n1-c1ccccc1)SC(I)CC2)CCCC3.[I-]. The number of thioether (sulfide) groups is 1. The number of para-hydroxylation sites is 1. The van der Waals surface area contributed by atoms with Crippen LogP contribution in [0.1, 0.15) is 29.7 Å². The highest BCUT2D eigenvalue weighted by Crippen LogP contribution is 2.37. The van der Waals surface area contributed by atoms with Crippen molar-refractivity contribution in [2.75, 3.05) is 0 Å². The largest absolute Gasteiger partial charge is 1.00 e. The molecule has 3 nitrogen and oxygen atoms in total. The van der Waals surface area contributed by atoms with E-state index in [4.69, 9.17) is 0 Å². The Morgan fingerprint density at radius 2 is 1.82 bits per heavy atom. The molecule has 0 bridgehead atoms. The summed E-state index contributed by atoms with van der Waals surface area (Å²) in [5.41, 5.74) is 2.48. The summed E-state index contributed by atoms with van der Waals surface area (Å²) in [6.45, 7) is 0.999. The molecule has 0 spiro atoms. The first kappa shape index (κ1) is 24.0. The van der Waals surface area contributed by atoms with E-state index in [1.807, 2.05) is 58.0 Å². The van der Waals surface area contributed by atoms with Crippen molar-refractivity contribution in [1.29, 1.82) is 0 Å². The van der Waals surface area contributed by atoms with E-state index in [1.165, 1.54) is 28.1 Å². The molecule has 0 fully saturated rings. The highest BCUT2D eigenvalue weighted by atomic mass is 128. The molecule has 1 aliphatic carbocycles. The van der Waals surface area contributed by atoms with Gasteiger partial charge in [0.2, 0.25) is 0 Å². The summed E-state index contributed by atoms with van der Waals surface area (Å²) >= 11 is 10.4. The fraction of sp³-hybridized carbons (Fsp3) is 0.368. The first-order chi connectivity index (χ1) is 13.2. The Bertz CT molecular complexity index is 1040. The molecule has 2 aromatic heterocycles. The molecule has 1 atom stereocenters.